The second-order valence-electron chi connectivity index (χ2n) is 5.07. The van der Waals surface area contributed by atoms with Crippen LogP contribution >= 0.6 is 11.6 Å². The van der Waals surface area contributed by atoms with E-state index in [2.05, 4.69) is 10.6 Å². The number of nitrogens with one attached hydrogen (secondary N) is 2. The first-order valence-corrected chi connectivity index (χ1v) is 7.10. The summed E-state index contributed by atoms with van der Waals surface area (Å²) in [5.74, 6) is -0.530. The summed E-state index contributed by atoms with van der Waals surface area (Å²) in [4.78, 5) is 13.7. The largest absolute Gasteiger partial charge is 0.418 e. The third-order valence-electron chi connectivity index (χ3n) is 2.81. The summed E-state index contributed by atoms with van der Waals surface area (Å²) in [6.45, 7) is 1.43. The fourth-order valence-electron chi connectivity index (χ4n) is 1.78. The molecule has 0 aliphatic heterocycles. The lowest BCUT2D eigenvalue weighted by atomic mass is 10.1. The molecule has 0 heterocycles. The molecule has 0 atom stereocenters. The van der Waals surface area contributed by atoms with Crippen molar-refractivity contribution in [3.8, 4) is 0 Å². The molecule has 0 aliphatic rings. The zero-order chi connectivity index (χ0) is 16.8. The zero-order valence-corrected chi connectivity index (χ0v) is 13.2. The van der Waals surface area contributed by atoms with Crippen LogP contribution in [-0.4, -0.2) is 44.5 Å². The zero-order valence-electron chi connectivity index (χ0n) is 12.4. The first kappa shape index (κ1) is 18.7. The van der Waals surface area contributed by atoms with Crippen molar-refractivity contribution in [2.45, 2.75) is 12.6 Å². The maximum absolute atomic E-state index is 12.9. The van der Waals surface area contributed by atoms with E-state index >= 15 is 0 Å². The molecule has 0 saturated carbocycles. The molecule has 0 aliphatic carbocycles. The number of carbonyl (C=O) groups is 1. The van der Waals surface area contributed by atoms with Crippen LogP contribution in [0.5, 0.6) is 0 Å². The maximum atomic E-state index is 12.9. The fourth-order valence-corrected chi connectivity index (χ4v) is 1.95. The molecule has 1 aromatic carbocycles. The van der Waals surface area contributed by atoms with Crippen LogP contribution in [0.1, 0.15) is 12.0 Å². The SMILES string of the molecule is CN(C)CCCNCC(=O)Nc1ccc(Cl)cc1C(F)(F)F. The summed E-state index contributed by atoms with van der Waals surface area (Å²) in [5.41, 5.74) is -1.25. The minimum atomic E-state index is -4.58. The molecule has 1 amide bonds. The van der Waals surface area contributed by atoms with Gasteiger partial charge in [-0.15, -0.1) is 0 Å². The van der Waals surface area contributed by atoms with Crippen LogP contribution in [0.15, 0.2) is 18.2 Å². The van der Waals surface area contributed by atoms with E-state index in [0.717, 1.165) is 25.1 Å². The normalized spacial score (nSPS) is 11.8. The Hall–Kier alpha value is -1.31. The van der Waals surface area contributed by atoms with Gasteiger partial charge in [0.05, 0.1) is 17.8 Å². The van der Waals surface area contributed by atoms with Crippen LogP contribution in [0.25, 0.3) is 0 Å². The topological polar surface area (TPSA) is 44.4 Å². The highest BCUT2D eigenvalue weighted by Crippen LogP contribution is 2.36. The first-order chi connectivity index (χ1) is 10.2. The number of amides is 1. The van der Waals surface area contributed by atoms with E-state index in [0.29, 0.717) is 6.54 Å². The standard InChI is InChI=1S/C14H19ClF3N3O/c1-21(2)7-3-6-19-9-13(22)20-12-5-4-10(15)8-11(12)14(16,17)18/h4-5,8,19H,3,6-7,9H2,1-2H3,(H,20,22). The number of carbonyl (C=O) groups excluding carboxylic acids is 1. The van der Waals surface area contributed by atoms with Gasteiger partial charge in [-0.25, -0.2) is 0 Å². The minimum Gasteiger partial charge on any atom is -0.324 e. The quantitative estimate of drug-likeness (QED) is 0.752. The van der Waals surface area contributed by atoms with Gasteiger partial charge in [0.25, 0.3) is 0 Å². The monoisotopic (exact) mass is 337 g/mol. The Kier molecular flexibility index (Phi) is 7.12. The van der Waals surface area contributed by atoms with Gasteiger partial charge in [0.1, 0.15) is 0 Å². The molecule has 0 saturated heterocycles. The van der Waals surface area contributed by atoms with Gasteiger partial charge in [0, 0.05) is 5.02 Å². The summed E-state index contributed by atoms with van der Waals surface area (Å²) in [7, 11) is 3.87. The number of halogens is 4. The molecule has 0 spiro atoms. The molecule has 0 radical (unpaired) electrons. The molecule has 0 bridgehead atoms. The summed E-state index contributed by atoms with van der Waals surface area (Å²) in [6, 6.07) is 3.24. The van der Waals surface area contributed by atoms with Gasteiger partial charge < -0.3 is 15.5 Å². The lowest BCUT2D eigenvalue weighted by Crippen LogP contribution is -2.30. The number of benzene rings is 1. The predicted octanol–water partition coefficient (Wildman–Crippen LogP) is 2.84. The maximum Gasteiger partial charge on any atom is 0.418 e. The predicted molar refractivity (Wildman–Crippen MR) is 81.1 cm³/mol. The van der Waals surface area contributed by atoms with Crippen molar-refractivity contribution in [3.63, 3.8) is 0 Å². The fraction of sp³-hybridized carbons (Fsp3) is 0.500. The van der Waals surface area contributed by atoms with Crippen LogP contribution in [-0.2, 0) is 11.0 Å². The molecule has 22 heavy (non-hydrogen) atoms. The highest BCUT2D eigenvalue weighted by Gasteiger charge is 2.34. The van der Waals surface area contributed by atoms with Gasteiger partial charge in [-0.05, 0) is 51.8 Å². The minimum absolute atomic E-state index is 0.0351. The number of anilines is 1. The molecule has 0 unspecified atom stereocenters. The van der Waals surface area contributed by atoms with Crippen molar-refractivity contribution in [1.29, 1.82) is 0 Å². The van der Waals surface area contributed by atoms with E-state index in [1.54, 1.807) is 0 Å². The molecule has 8 heteroatoms. The average Bonchev–Trinajstić information content (AvgIpc) is 2.39. The Balaban J connectivity index is 2.54. The molecule has 0 aromatic heterocycles. The Bertz CT molecular complexity index is 507. The van der Waals surface area contributed by atoms with Gasteiger partial charge in [0.15, 0.2) is 0 Å². The molecule has 0 fully saturated rings. The number of nitrogens with zero attached hydrogens (tertiary/aromatic N) is 1. The number of rotatable bonds is 7. The summed E-state index contributed by atoms with van der Waals surface area (Å²) in [6.07, 6.45) is -3.73. The molecule has 1 rings (SSSR count). The molecule has 4 nitrogen and oxygen atoms in total. The van der Waals surface area contributed by atoms with Crippen LogP contribution in [0.2, 0.25) is 5.02 Å². The Morgan fingerprint density at radius 1 is 1.32 bits per heavy atom. The molecule has 124 valence electrons. The van der Waals surface area contributed by atoms with E-state index in [4.69, 9.17) is 11.6 Å². The number of hydrogen-bond donors (Lipinski definition) is 2. The van der Waals surface area contributed by atoms with E-state index in [1.807, 2.05) is 19.0 Å². The summed E-state index contributed by atoms with van der Waals surface area (Å²) >= 11 is 5.57. The average molecular weight is 338 g/mol. The van der Waals surface area contributed by atoms with Crippen LogP contribution < -0.4 is 10.6 Å². The number of hydrogen-bond acceptors (Lipinski definition) is 3. The number of alkyl halides is 3. The molecular formula is C14H19ClF3N3O. The van der Waals surface area contributed by atoms with Crippen molar-refractivity contribution in [1.82, 2.24) is 10.2 Å². The summed E-state index contributed by atoms with van der Waals surface area (Å²) in [5, 5.41) is 5.10. The van der Waals surface area contributed by atoms with Crippen molar-refractivity contribution in [2.24, 2.45) is 0 Å². The van der Waals surface area contributed by atoms with E-state index < -0.39 is 17.6 Å². The lowest BCUT2D eigenvalue weighted by molar-refractivity contribution is -0.137. The van der Waals surface area contributed by atoms with Crippen LogP contribution in [0, 0.1) is 0 Å². The lowest BCUT2D eigenvalue weighted by Gasteiger charge is -2.14. The van der Waals surface area contributed by atoms with Gasteiger partial charge in [-0.2, -0.15) is 13.2 Å². The van der Waals surface area contributed by atoms with Crippen LogP contribution in [0.3, 0.4) is 0 Å². The van der Waals surface area contributed by atoms with Crippen molar-refractivity contribution in [3.05, 3.63) is 28.8 Å². The van der Waals surface area contributed by atoms with Gasteiger partial charge in [-0.1, -0.05) is 11.6 Å². The van der Waals surface area contributed by atoms with Gasteiger partial charge in [0.2, 0.25) is 5.91 Å². The first-order valence-electron chi connectivity index (χ1n) is 6.72. The molecule has 2 N–H and O–H groups in total. The Morgan fingerprint density at radius 3 is 2.59 bits per heavy atom. The van der Waals surface area contributed by atoms with Crippen molar-refractivity contribution >= 4 is 23.2 Å². The van der Waals surface area contributed by atoms with E-state index in [9.17, 15) is 18.0 Å². The third kappa shape index (κ3) is 6.64. The Labute approximate surface area is 132 Å². The second-order valence-corrected chi connectivity index (χ2v) is 5.51. The molecule has 1 aromatic rings. The van der Waals surface area contributed by atoms with Crippen LogP contribution in [0.4, 0.5) is 18.9 Å². The van der Waals surface area contributed by atoms with E-state index in [1.165, 1.54) is 6.07 Å². The van der Waals surface area contributed by atoms with Gasteiger partial charge >= 0.3 is 6.18 Å². The second kappa shape index (κ2) is 8.36. The van der Waals surface area contributed by atoms with Crippen molar-refractivity contribution < 1.29 is 18.0 Å². The molecular weight excluding hydrogens is 319 g/mol. The third-order valence-corrected chi connectivity index (χ3v) is 3.04. The van der Waals surface area contributed by atoms with Crippen molar-refractivity contribution in [2.75, 3.05) is 39.0 Å². The van der Waals surface area contributed by atoms with Gasteiger partial charge in [-0.3, -0.25) is 4.79 Å². The highest BCUT2D eigenvalue weighted by molar-refractivity contribution is 6.30. The smallest absolute Gasteiger partial charge is 0.324 e. The summed E-state index contributed by atoms with van der Waals surface area (Å²) < 4.78 is 38.6. The highest BCUT2D eigenvalue weighted by atomic mass is 35.5. The van der Waals surface area contributed by atoms with E-state index in [-0.39, 0.29) is 17.3 Å². The Morgan fingerprint density at radius 2 is 2.00 bits per heavy atom.